The first-order chi connectivity index (χ1) is 19.5. The highest BCUT2D eigenvalue weighted by atomic mass is 15.2. The Labute approximate surface area is 225 Å². The van der Waals surface area contributed by atoms with Gasteiger partial charge >= 0.3 is 0 Å². The van der Waals surface area contributed by atoms with Crippen LogP contribution in [0.2, 0.25) is 0 Å². The number of aryl methyl sites for hydroxylation is 4. The summed E-state index contributed by atoms with van der Waals surface area (Å²) in [7, 11) is 1.89. The second kappa shape index (κ2) is 11.7. The SMILES string of the molecule is Cc1cc2[nH]cnc2nn1.Cc1cnnc2nc[nH]c12.Cc1nc2nnccc2[nH]1.Cn1cnc2ccnnc21. The normalized spacial score (nSPS) is 10.5. The number of hydrogen-bond donors (Lipinski definition) is 3. The van der Waals surface area contributed by atoms with Crippen LogP contribution >= 0.6 is 0 Å². The van der Waals surface area contributed by atoms with Gasteiger partial charge in [-0.25, -0.2) is 19.9 Å². The van der Waals surface area contributed by atoms with Gasteiger partial charge in [0, 0.05) is 7.05 Å². The standard InChI is InChI=1S/4C6H6N4/c1-4-2-9-10-6-5(4)7-3-8-6;1-4-2-5-6(10-9-4)8-3-7-5;1-10-4-7-5-2-3-8-9-6(5)10;1-4-8-5-2-3-7-10-6(5)9-4/h2*2-3H,1H3,(H,7,8,10);2-4H,1H3;2-3H,1H3,(H,8,9,10). The quantitative estimate of drug-likeness (QED) is 0.255. The number of fused-ring (bicyclic) bond motifs is 4. The number of nitrogens with one attached hydrogen (secondary N) is 3. The fourth-order valence-electron chi connectivity index (χ4n) is 3.49. The summed E-state index contributed by atoms with van der Waals surface area (Å²) < 4.78 is 1.84. The van der Waals surface area contributed by atoms with E-state index in [1.165, 1.54) is 0 Å². The maximum Gasteiger partial charge on any atom is 0.199 e. The molecule has 0 aliphatic rings. The second-order valence-electron chi connectivity index (χ2n) is 8.44. The van der Waals surface area contributed by atoms with Crippen LogP contribution in [0.5, 0.6) is 0 Å². The van der Waals surface area contributed by atoms with E-state index < -0.39 is 0 Å². The summed E-state index contributed by atoms with van der Waals surface area (Å²) in [5.41, 5.74) is 8.56. The zero-order valence-electron chi connectivity index (χ0n) is 22.0. The van der Waals surface area contributed by atoms with Gasteiger partial charge in [-0.15, -0.1) is 20.4 Å². The van der Waals surface area contributed by atoms with Crippen molar-refractivity contribution in [3.05, 3.63) is 72.9 Å². The van der Waals surface area contributed by atoms with Crippen molar-refractivity contribution in [2.24, 2.45) is 7.05 Å². The highest BCUT2D eigenvalue weighted by Gasteiger charge is 1.99. The highest BCUT2D eigenvalue weighted by Crippen LogP contribution is 2.08. The van der Waals surface area contributed by atoms with Gasteiger partial charge in [-0.05, 0) is 44.5 Å². The number of nitrogens with zero attached hydrogens (tertiary/aromatic N) is 13. The summed E-state index contributed by atoms with van der Waals surface area (Å²) in [6, 6.07) is 5.60. The Kier molecular flexibility index (Phi) is 7.57. The van der Waals surface area contributed by atoms with Crippen LogP contribution in [0.3, 0.4) is 0 Å². The summed E-state index contributed by atoms with van der Waals surface area (Å²) in [5, 5.41) is 30.4. The largest absolute Gasteiger partial charge is 0.343 e. The van der Waals surface area contributed by atoms with E-state index in [0.717, 1.165) is 44.8 Å². The Morgan fingerprint density at radius 2 is 1.50 bits per heavy atom. The van der Waals surface area contributed by atoms with E-state index in [-0.39, 0.29) is 0 Å². The Balaban J connectivity index is 0.000000108. The van der Waals surface area contributed by atoms with Gasteiger partial charge in [-0.1, -0.05) is 0 Å². The van der Waals surface area contributed by atoms with Crippen molar-refractivity contribution in [2.75, 3.05) is 0 Å². The monoisotopic (exact) mass is 536 g/mol. The fraction of sp³-hybridized carbons (Fsp3) is 0.167. The summed E-state index contributed by atoms with van der Waals surface area (Å²) in [6.45, 7) is 5.75. The van der Waals surface area contributed by atoms with Gasteiger partial charge in [-0.3, -0.25) is 0 Å². The third kappa shape index (κ3) is 6.01. The van der Waals surface area contributed by atoms with E-state index in [2.05, 4.69) is 75.7 Å². The van der Waals surface area contributed by atoms with E-state index in [1.54, 1.807) is 37.6 Å². The molecule has 200 valence electrons. The van der Waals surface area contributed by atoms with Crippen LogP contribution in [0.15, 0.2) is 55.8 Å². The molecule has 0 bridgehead atoms. The summed E-state index contributed by atoms with van der Waals surface area (Å²) >= 11 is 0. The highest BCUT2D eigenvalue weighted by molar-refractivity contribution is 5.72. The zero-order valence-corrected chi connectivity index (χ0v) is 22.0. The summed E-state index contributed by atoms with van der Waals surface area (Å²) in [4.78, 5) is 25.0. The molecular weight excluding hydrogens is 512 g/mol. The van der Waals surface area contributed by atoms with Crippen LogP contribution in [0.25, 0.3) is 44.7 Å². The molecule has 0 spiro atoms. The van der Waals surface area contributed by atoms with Gasteiger partial charge in [0.2, 0.25) is 0 Å². The molecule has 0 aliphatic carbocycles. The number of hydrogen-bond acceptors (Lipinski definition) is 12. The molecule has 0 amide bonds. The summed E-state index contributed by atoms with van der Waals surface area (Å²) in [5.74, 6) is 0.871. The molecular formula is C24H24N16. The average molecular weight is 537 g/mol. The van der Waals surface area contributed by atoms with Crippen molar-refractivity contribution in [3.63, 3.8) is 0 Å². The molecule has 8 aromatic rings. The topological polar surface area (TPSA) is 207 Å². The first-order valence-electron chi connectivity index (χ1n) is 12.0. The third-order valence-corrected chi connectivity index (χ3v) is 5.40. The Hall–Kier alpha value is -5.80. The molecule has 0 aliphatic heterocycles. The van der Waals surface area contributed by atoms with Crippen molar-refractivity contribution in [3.8, 4) is 0 Å². The number of aromatic nitrogens is 16. The van der Waals surface area contributed by atoms with Crippen molar-refractivity contribution < 1.29 is 0 Å². The molecule has 0 fully saturated rings. The predicted octanol–water partition coefficient (Wildman–Crippen LogP) is 2.35. The minimum atomic E-state index is 0.672. The molecule has 0 saturated carbocycles. The molecule has 0 atom stereocenters. The molecule has 8 aromatic heterocycles. The molecule has 8 rings (SSSR count). The predicted molar refractivity (Wildman–Crippen MR) is 146 cm³/mol. The lowest BCUT2D eigenvalue weighted by Crippen LogP contribution is -1.88. The van der Waals surface area contributed by atoms with Gasteiger partial charge in [-0.2, -0.15) is 20.4 Å². The van der Waals surface area contributed by atoms with Crippen molar-refractivity contribution in [1.82, 2.24) is 80.2 Å². The molecule has 8 heterocycles. The maximum atomic E-state index is 4.08. The number of H-pyrrole nitrogens is 3. The number of imidazole rings is 4. The molecule has 16 heteroatoms. The van der Waals surface area contributed by atoms with Gasteiger partial charge in [0.25, 0.3) is 0 Å². The second-order valence-corrected chi connectivity index (χ2v) is 8.44. The fourth-order valence-corrected chi connectivity index (χ4v) is 3.49. The van der Waals surface area contributed by atoms with E-state index in [4.69, 9.17) is 0 Å². The minimum absolute atomic E-state index is 0.672. The van der Waals surface area contributed by atoms with Crippen LogP contribution in [0, 0.1) is 20.8 Å². The molecule has 0 aromatic carbocycles. The van der Waals surface area contributed by atoms with Crippen molar-refractivity contribution in [1.29, 1.82) is 0 Å². The molecule has 0 radical (unpaired) electrons. The van der Waals surface area contributed by atoms with Crippen LogP contribution in [0.4, 0.5) is 0 Å². The summed E-state index contributed by atoms with van der Waals surface area (Å²) in [6.07, 6.45) is 9.93. The average Bonchev–Trinajstić information content (AvgIpc) is 3.76. The van der Waals surface area contributed by atoms with Gasteiger partial charge in [0.1, 0.15) is 11.3 Å². The van der Waals surface area contributed by atoms with Crippen molar-refractivity contribution >= 4 is 44.7 Å². The third-order valence-electron chi connectivity index (χ3n) is 5.40. The number of aromatic amines is 3. The smallest absolute Gasteiger partial charge is 0.199 e. The van der Waals surface area contributed by atoms with Crippen molar-refractivity contribution in [2.45, 2.75) is 20.8 Å². The van der Waals surface area contributed by atoms with E-state index in [9.17, 15) is 0 Å². The van der Waals surface area contributed by atoms with Crippen LogP contribution in [-0.4, -0.2) is 80.2 Å². The van der Waals surface area contributed by atoms with Crippen LogP contribution < -0.4 is 0 Å². The lowest BCUT2D eigenvalue weighted by molar-refractivity contribution is 0.907. The van der Waals surface area contributed by atoms with E-state index in [1.807, 2.05) is 50.6 Å². The van der Waals surface area contributed by atoms with Crippen LogP contribution in [-0.2, 0) is 7.05 Å². The Morgan fingerprint density at radius 3 is 2.33 bits per heavy atom. The van der Waals surface area contributed by atoms with Crippen LogP contribution in [0.1, 0.15) is 17.1 Å². The Morgan fingerprint density at radius 1 is 0.725 bits per heavy atom. The molecule has 0 saturated heterocycles. The first kappa shape index (κ1) is 25.8. The van der Waals surface area contributed by atoms with Gasteiger partial charge in [0.15, 0.2) is 22.6 Å². The van der Waals surface area contributed by atoms with E-state index >= 15 is 0 Å². The lowest BCUT2D eigenvalue weighted by Gasteiger charge is -1.88. The first-order valence-corrected chi connectivity index (χ1v) is 12.0. The minimum Gasteiger partial charge on any atom is -0.343 e. The molecule has 16 nitrogen and oxygen atoms in total. The van der Waals surface area contributed by atoms with Gasteiger partial charge < -0.3 is 19.5 Å². The lowest BCUT2D eigenvalue weighted by atomic mass is 10.3. The zero-order chi connectivity index (χ0) is 27.9. The molecule has 3 N–H and O–H groups in total. The van der Waals surface area contributed by atoms with E-state index in [0.29, 0.717) is 16.9 Å². The molecule has 0 unspecified atom stereocenters. The number of rotatable bonds is 0. The maximum absolute atomic E-state index is 4.08. The molecule has 40 heavy (non-hydrogen) atoms. The Bertz CT molecular complexity index is 1930. The van der Waals surface area contributed by atoms with Gasteiger partial charge in [0.05, 0.1) is 59.8 Å².